The van der Waals surface area contributed by atoms with Gasteiger partial charge in [-0.25, -0.2) is 0 Å². The molecule has 0 aromatic carbocycles. The summed E-state index contributed by atoms with van der Waals surface area (Å²) in [6.07, 6.45) is 4.95. The van der Waals surface area contributed by atoms with E-state index in [2.05, 4.69) is 0 Å². The molecular weight excluding hydrogens is 154 g/mol. The van der Waals surface area contributed by atoms with Gasteiger partial charge in [-0.2, -0.15) is 0 Å². The third kappa shape index (κ3) is 0.959. The van der Waals surface area contributed by atoms with Crippen LogP contribution in [0.3, 0.4) is 0 Å². The van der Waals surface area contributed by atoms with Crippen molar-refractivity contribution in [3.8, 4) is 0 Å². The second-order valence-electron chi connectivity index (χ2n) is 4.26. The molecule has 3 heteroatoms. The van der Waals surface area contributed by atoms with Gasteiger partial charge in [0.25, 0.3) is 0 Å². The van der Waals surface area contributed by atoms with Crippen LogP contribution < -0.4 is 5.73 Å². The molecule has 2 fully saturated rings. The highest BCUT2D eigenvalue weighted by atomic mass is 16.4. The molecule has 3 N–H and O–H groups in total. The van der Waals surface area contributed by atoms with Crippen molar-refractivity contribution in [3.05, 3.63) is 0 Å². The van der Waals surface area contributed by atoms with Gasteiger partial charge >= 0.3 is 5.97 Å². The van der Waals surface area contributed by atoms with Crippen LogP contribution in [0.5, 0.6) is 0 Å². The molecule has 0 radical (unpaired) electrons. The molecule has 0 spiro atoms. The van der Waals surface area contributed by atoms with Gasteiger partial charge in [-0.15, -0.1) is 0 Å². The lowest BCUT2D eigenvalue weighted by atomic mass is 9.74. The normalized spacial score (nSPS) is 46.1. The van der Waals surface area contributed by atoms with Gasteiger partial charge in [0.05, 0.1) is 0 Å². The van der Waals surface area contributed by atoms with Crippen molar-refractivity contribution in [3.63, 3.8) is 0 Å². The van der Waals surface area contributed by atoms with E-state index in [4.69, 9.17) is 10.8 Å². The van der Waals surface area contributed by atoms with Crippen LogP contribution in [0.4, 0.5) is 0 Å². The lowest BCUT2D eigenvalue weighted by Crippen LogP contribution is -2.54. The summed E-state index contributed by atoms with van der Waals surface area (Å²) in [5.41, 5.74) is 4.99. The molecule has 2 saturated carbocycles. The molecule has 0 amide bonds. The summed E-state index contributed by atoms with van der Waals surface area (Å²) < 4.78 is 0. The van der Waals surface area contributed by atoms with Crippen LogP contribution in [-0.4, -0.2) is 16.6 Å². The molecule has 2 rings (SSSR count). The van der Waals surface area contributed by atoms with Gasteiger partial charge < -0.3 is 10.8 Å². The van der Waals surface area contributed by atoms with Crippen LogP contribution in [0.2, 0.25) is 0 Å². The van der Waals surface area contributed by atoms with Crippen molar-refractivity contribution in [1.82, 2.24) is 0 Å². The van der Waals surface area contributed by atoms with E-state index in [0.717, 1.165) is 25.2 Å². The van der Waals surface area contributed by atoms with Gasteiger partial charge in [0.15, 0.2) is 0 Å². The maximum Gasteiger partial charge on any atom is 0.323 e. The maximum atomic E-state index is 10.9. The molecule has 3 atom stereocenters. The Morgan fingerprint density at radius 3 is 2.83 bits per heavy atom. The van der Waals surface area contributed by atoms with Crippen LogP contribution in [0.1, 0.15) is 32.1 Å². The number of fused-ring (bicyclic) bond motifs is 2. The average molecular weight is 169 g/mol. The molecule has 2 aliphatic carbocycles. The van der Waals surface area contributed by atoms with E-state index in [1.54, 1.807) is 0 Å². The summed E-state index contributed by atoms with van der Waals surface area (Å²) in [7, 11) is 0. The molecule has 0 heterocycles. The van der Waals surface area contributed by atoms with E-state index >= 15 is 0 Å². The molecule has 0 aromatic rings. The van der Waals surface area contributed by atoms with Gasteiger partial charge in [0.1, 0.15) is 5.54 Å². The van der Waals surface area contributed by atoms with E-state index in [1.807, 2.05) is 0 Å². The van der Waals surface area contributed by atoms with Crippen molar-refractivity contribution in [2.45, 2.75) is 37.6 Å². The van der Waals surface area contributed by atoms with Crippen LogP contribution in [-0.2, 0) is 4.79 Å². The zero-order valence-electron chi connectivity index (χ0n) is 7.12. The minimum atomic E-state index is -0.896. The number of carboxylic acid groups (broad SMARTS) is 1. The van der Waals surface area contributed by atoms with E-state index in [1.165, 1.54) is 6.42 Å². The lowest BCUT2D eigenvalue weighted by molar-refractivity contribution is -0.146. The Morgan fingerprint density at radius 1 is 1.42 bits per heavy atom. The molecule has 0 aromatic heterocycles. The molecule has 12 heavy (non-hydrogen) atoms. The van der Waals surface area contributed by atoms with Crippen molar-refractivity contribution < 1.29 is 9.90 Å². The highest BCUT2D eigenvalue weighted by Crippen LogP contribution is 2.46. The summed E-state index contributed by atoms with van der Waals surface area (Å²) in [5, 5.41) is 8.99. The number of hydrogen-bond acceptors (Lipinski definition) is 2. The quantitative estimate of drug-likeness (QED) is 0.615. The Hall–Kier alpha value is -0.570. The number of carbonyl (C=O) groups is 1. The third-order valence-corrected chi connectivity index (χ3v) is 3.63. The SMILES string of the molecule is NC1(C(=O)O)CC[C@@H]2CC[C@H]1C2. The summed E-state index contributed by atoms with van der Waals surface area (Å²) in [4.78, 5) is 10.9. The first-order valence-electron chi connectivity index (χ1n) is 4.65. The topological polar surface area (TPSA) is 63.3 Å². The molecule has 0 saturated heterocycles. The Kier molecular flexibility index (Phi) is 1.65. The van der Waals surface area contributed by atoms with Crippen LogP contribution >= 0.6 is 0 Å². The Morgan fingerprint density at radius 2 is 2.17 bits per heavy atom. The largest absolute Gasteiger partial charge is 0.480 e. The van der Waals surface area contributed by atoms with E-state index in [-0.39, 0.29) is 5.92 Å². The molecule has 1 unspecified atom stereocenters. The highest BCUT2D eigenvalue weighted by molar-refractivity contribution is 5.79. The van der Waals surface area contributed by atoms with Crippen LogP contribution in [0.15, 0.2) is 0 Å². The summed E-state index contributed by atoms with van der Waals surface area (Å²) in [5.74, 6) is 0.215. The van der Waals surface area contributed by atoms with E-state index in [0.29, 0.717) is 6.42 Å². The number of carboxylic acids is 1. The molecule has 3 nitrogen and oxygen atoms in total. The number of aliphatic carboxylic acids is 1. The van der Waals surface area contributed by atoms with Gasteiger partial charge in [-0.3, -0.25) is 4.79 Å². The molecule has 2 bridgehead atoms. The number of hydrogen-bond donors (Lipinski definition) is 2. The predicted molar refractivity (Wildman–Crippen MR) is 44.6 cm³/mol. The first-order chi connectivity index (χ1) is 5.63. The first kappa shape index (κ1) is 8.05. The van der Waals surface area contributed by atoms with Crippen LogP contribution in [0, 0.1) is 11.8 Å². The fraction of sp³-hybridized carbons (Fsp3) is 0.889. The fourth-order valence-corrected chi connectivity index (χ4v) is 2.73. The van der Waals surface area contributed by atoms with Crippen molar-refractivity contribution >= 4 is 5.97 Å². The fourth-order valence-electron chi connectivity index (χ4n) is 2.73. The standard InChI is InChI=1S/C9H15NO2/c10-9(8(11)12)4-3-6-1-2-7(9)5-6/h6-7H,1-5,10H2,(H,11,12)/t6-,7-,9?/m0/s1. The van der Waals surface area contributed by atoms with Crippen molar-refractivity contribution in [2.75, 3.05) is 0 Å². The summed E-state index contributed by atoms with van der Waals surface area (Å²) >= 11 is 0. The minimum Gasteiger partial charge on any atom is -0.480 e. The number of nitrogens with two attached hydrogens (primary N) is 1. The van der Waals surface area contributed by atoms with E-state index in [9.17, 15) is 4.79 Å². The van der Waals surface area contributed by atoms with Crippen molar-refractivity contribution in [1.29, 1.82) is 0 Å². The van der Waals surface area contributed by atoms with Gasteiger partial charge in [-0.1, -0.05) is 6.42 Å². The Balaban J connectivity index is 2.21. The second-order valence-corrected chi connectivity index (χ2v) is 4.26. The minimum absolute atomic E-state index is 0.244. The summed E-state index contributed by atoms with van der Waals surface area (Å²) in [6.45, 7) is 0. The highest BCUT2D eigenvalue weighted by Gasteiger charge is 2.49. The average Bonchev–Trinajstić information content (AvgIpc) is 2.43. The second kappa shape index (κ2) is 2.46. The van der Waals surface area contributed by atoms with Crippen molar-refractivity contribution in [2.24, 2.45) is 17.6 Å². The zero-order chi connectivity index (χ0) is 8.77. The predicted octanol–water partition coefficient (Wildman–Crippen LogP) is 0.979. The molecule has 68 valence electrons. The number of rotatable bonds is 1. The van der Waals surface area contributed by atoms with E-state index < -0.39 is 11.5 Å². The lowest BCUT2D eigenvalue weighted by Gasteiger charge is -2.35. The monoisotopic (exact) mass is 169 g/mol. The first-order valence-corrected chi connectivity index (χ1v) is 4.65. The van der Waals surface area contributed by atoms with Crippen LogP contribution in [0.25, 0.3) is 0 Å². The Bertz CT molecular complexity index is 217. The Labute approximate surface area is 71.9 Å². The van der Waals surface area contributed by atoms with Gasteiger partial charge in [0.2, 0.25) is 0 Å². The molecule has 0 aliphatic heterocycles. The van der Waals surface area contributed by atoms with Gasteiger partial charge in [0, 0.05) is 0 Å². The maximum absolute atomic E-state index is 10.9. The molecular formula is C9H15NO2. The zero-order valence-corrected chi connectivity index (χ0v) is 7.12. The van der Waals surface area contributed by atoms with Gasteiger partial charge in [-0.05, 0) is 37.5 Å². The third-order valence-electron chi connectivity index (χ3n) is 3.63. The summed E-state index contributed by atoms with van der Waals surface area (Å²) in [6, 6.07) is 0. The smallest absolute Gasteiger partial charge is 0.323 e. The molecule has 2 aliphatic rings.